The van der Waals surface area contributed by atoms with Crippen molar-refractivity contribution in [3.8, 4) is 27.1 Å². The van der Waals surface area contributed by atoms with E-state index in [-0.39, 0.29) is 12.1 Å². The highest BCUT2D eigenvalue weighted by atomic mass is 32.1. The van der Waals surface area contributed by atoms with Crippen molar-refractivity contribution in [2.75, 3.05) is 6.61 Å². The number of nitrogens with zero attached hydrogens (tertiary/aromatic N) is 1. The summed E-state index contributed by atoms with van der Waals surface area (Å²) in [7, 11) is 0. The smallest absolute Gasteiger partial charge is 0.343 e. The molecule has 0 saturated carbocycles. The Morgan fingerprint density at radius 1 is 0.775 bits per heavy atom. The molecule has 40 heavy (non-hydrogen) atoms. The first kappa shape index (κ1) is 31.7. The molecule has 0 radical (unpaired) electrons. The maximum Gasteiger partial charge on any atom is 0.343 e. The van der Waals surface area contributed by atoms with Crippen molar-refractivity contribution >= 4 is 17.3 Å². The zero-order valence-electron chi connectivity index (χ0n) is 24.7. The van der Waals surface area contributed by atoms with Crippen LogP contribution in [-0.2, 0) is 0 Å². The number of carbonyl (C=O) groups is 1. The monoisotopic (exact) mass is 565 g/mol. The molecule has 0 aliphatic carbocycles. The summed E-state index contributed by atoms with van der Waals surface area (Å²) in [5.41, 5.74) is 1.50. The van der Waals surface area contributed by atoms with Crippen LogP contribution in [0.3, 0.4) is 0 Å². The van der Waals surface area contributed by atoms with Gasteiger partial charge in [0.05, 0.1) is 23.2 Å². The number of unbranched alkanes of at least 4 members (excludes halogenated alkanes) is 10. The lowest BCUT2D eigenvalue weighted by Crippen LogP contribution is -2.11. The molecule has 0 N–H and O–H groups in total. The second kappa shape index (κ2) is 18.5. The van der Waals surface area contributed by atoms with Gasteiger partial charge in [0.1, 0.15) is 11.5 Å². The molecule has 1 aromatic heterocycles. The van der Waals surface area contributed by atoms with E-state index in [0.29, 0.717) is 23.1 Å². The summed E-state index contributed by atoms with van der Waals surface area (Å²) in [6.07, 6.45) is 18.2. The molecule has 0 spiro atoms. The predicted octanol–water partition coefficient (Wildman–Crippen LogP) is 10.3. The van der Waals surface area contributed by atoms with E-state index < -0.39 is 0 Å². The van der Waals surface area contributed by atoms with E-state index >= 15 is 0 Å². The van der Waals surface area contributed by atoms with Crippen LogP contribution in [-0.4, -0.2) is 23.7 Å². The normalized spacial score (nSPS) is 11.8. The minimum Gasteiger partial charge on any atom is -0.491 e. The molecule has 0 bridgehead atoms. The lowest BCUT2D eigenvalue weighted by molar-refractivity contribution is 0.0734. The first-order valence-electron chi connectivity index (χ1n) is 15.3. The summed E-state index contributed by atoms with van der Waals surface area (Å²) >= 11 is 1.53. The van der Waals surface area contributed by atoms with Crippen molar-refractivity contribution in [1.82, 2.24) is 4.98 Å². The molecule has 6 heteroatoms. The first-order valence-corrected chi connectivity index (χ1v) is 16.1. The van der Waals surface area contributed by atoms with Gasteiger partial charge in [-0.25, -0.2) is 9.78 Å². The van der Waals surface area contributed by atoms with Crippen LogP contribution >= 0.6 is 11.3 Å². The summed E-state index contributed by atoms with van der Waals surface area (Å²) in [4.78, 5) is 18.1. The summed E-state index contributed by atoms with van der Waals surface area (Å²) in [6, 6.07) is 14.7. The molecule has 1 heterocycles. The lowest BCUT2D eigenvalue weighted by atomic mass is 10.1. The number of hydrogen-bond acceptors (Lipinski definition) is 6. The van der Waals surface area contributed by atoms with Crippen molar-refractivity contribution in [2.45, 2.75) is 110 Å². The van der Waals surface area contributed by atoms with Gasteiger partial charge >= 0.3 is 5.97 Å². The number of carbonyl (C=O) groups excluding carboxylic acids is 1. The van der Waals surface area contributed by atoms with Crippen LogP contribution < -0.4 is 14.2 Å². The fourth-order valence-corrected chi connectivity index (χ4v) is 5.32. The van der Waals surface area contributed by atoms with Crippen LogP contribution in [0, 0.1) is 0 Å². The molecule has 1 atom stereocenters. The minimum atomic E-state index is -0.386. The molecule has 0 saturated heterocycles. The van der Waals surface area contributed by atoms with Crippen molar-refractivity contribution in [2.24, 2.45) is 0 Å². The molecule has 5 nitrogen and oxygen atoms in total. The number of benzene rings is 2. The number of esters is 1. The Morgan fingerprint density at radius 3 is 2.05 bits per heavy atom. The summed E-state index contributed by atoms with van der Waals surface area (Å²) in [5, 5.41) is 0.694. The highest BCUT2D eigenvalue weighted by Gasteiger charge is 2.12. The summed E-state index contributed by atoms with van der Waals surface area (Å²) in [6.45, 7) is 7.28. The topological polar surface area (TPSA) is 57.7 Å². The molecule has 3 rings (SSSR count). The second-order valence-electron chi connectivity index (χ2n) is 10.5. The van der Waals surface area contributed by atoms with Gasteiger partial charge in [-0.2, -0.15) is 0 Å². The third kappa shape index (κ3) is 11.7. The van der Waals surface area contributed by atoms with Crippen molar-refractivity contribution in [3.05, 3.63) is 60.3 Å². The lowest BCUT2D eigenvalue weighted by Gasteiger charge is -2.15. The largest absolute Gasteiger partial charge is 0.491 e. The fraction of sp³-hybridized carbons (Fsp3) is 0.529. The SMILES string of the molecule is CCCCCCCCCCOc1ncc(-c2ccc(C(=O)Oc3ccc(O[C@@H](C)CCCCCC)cc3)cc2)s1. The Bertz CT molecular complexity index is 1090. The zero-order valence-corrected chi connectivity index (χ0v) is 25.5. The molecule has 0 aliphatic rings. The molecular formula is C34H47NO4S. The quantitative estimate of drug-likeness (QED) is 0.0775. The van der Waals surface area contributed by atoms with Gasteiger partial charge in [-0.15, -0.1) is 0 Å². The standard InChI is InChI=1S/C34H47NO4S/c1-4-6-8-10-11-12-13-15-25-37-34-35-26-32(40-34)28-17-19-29(20-18-28)33(36)39-31-23-21-30(22-24-31)38-27(3)16-14-9-7-5-2/h17-24,26-27H,4-16,25H2,1-3H3/t27-/m0/s1. The second-order valence-corrected chi connectivity index (χ2v) is 11.5. The molecule has 0 aliphatic heterocycles. The number of aromatic nitrogens is 1. The van der Waals surface area contributed by atoms with E-state index in [1.807, 2.05) is 30.5 Å². The number of rotatable bonds is 20. The van der Waals surface area contributed by atoms with Gasteiger partial charge in [0, 0.05) is 6.20 Å². The van der Waals surface area contributed by atoms with Crippen LogP contribution in [0.15, 0.2) is 54.7 Å². The van der Waals surface area contributed by atoms with Gasteiger partial charge in [0.2, 0.25) is 0 Å². The Morgan fingerprint density at radius 2 is 1.38 bits per heavy atom. The summed E-state index contributed by atoms with van der Waals surface area (Å²) < 4.78 is 17.4. The highest BCUT2D eigenvalue weighted by molar-refractivity contribution is 7.16. The van der Waals surface area contributed by atoms with Gasteiger partial charge in [-0.3, -0.25) is 0 Å². The van der Waals surface area contributed by atoms with Gasteiger partial charge in [0.15, 0.2) is 0 Å². The van der Waals surface area contributed by atoms with E-state index in [1.54, 1.807) is 24.3 Å². The van der Waals surface area contributed by atoms with Crippen LogP contribution in [0.25, 0.3) is 10.4 Å². The molecule has 0 unspecified atom stereocenters. The fourth-order valence-electron chi connectivity index (χ4n) is 4.53. The third-order valence-electron chi connectivity index (χ3n) is 6.95. The van der Waals surface area contributed by atoms with Gasteiger partial charge < -0.3 is 14.2 Å². The van der Waals surface area contributed by atoms with E-state index in [1.165, 1.54) is 82.0 Å². The van der Waals surface area contributed by atoms with E-state index in [2.05, 4.69) is 25.8 Å². The van der Waals surface area contributed by atoms with Crippen molar-refractivity contribution in [1.29, 1.82) is 0 Å². The van der Waals surface area contributed by atoms with Crippen molar-refractivity contribution < 1.29 is 19.0 Å². The highest BCUT2D eigenvalue weighted by Crippen LogP contribution is 2.31. The first-order chi connectivity index (χ1) is 19.6. The van der Waals surface area contributed by atoms with E-state index in [0.717, 1.165) is 29.0 Å². The Hall–Kier alpha value is -2.86. The van der Waals surface area contributed by atoms with E-state index in [4.69, 9.17) is 14.2 Å². The van der Waals surface area contributed by atoms with Gasteiger partial charge in [0.25, 0.3) is 5.19 Å². The molecule has 218 valence electrons. The van der Waals surface area contributed by atoms with Crippen LogP contribution in [0.4, 0.5) is 0 Å². The number of thiazole rings is 1. The maximum atomic E-state index is 12.7. The molecule has 2 aromatic carbocycles. The Balaban J connectivity index is 1.39. The van der Waals surface area contributed by atoms with Crippen LogP contribution in [0.2, 0.25) is 0 Å². The Kier molecular flexibility index (Phi) is 14.6. The van der Waals surface area contributed by atoms with Gasteiger partial charge in [-0.1, -0.05) is 102 Å². The zero-order chi connectivity index (χ0) is 28.4. The summed E-state index contributed by atoms with van der Waals surface area (Å²) in [5.74, 6) is 0.902. The average Bonchev–Trinajstić information content (AvgIpc) is 3.44. The molecule has 0 fully saturated rings. The van der Waals surface area contributed by atoms with Gasteiger partial charge in [-0.05, 0) is 68.1 Å². The predicted molar refractivity (Wildman–Crippen MR) is 166 cm³/mol. The molecule has 0 amide bonds. The minimum absolute atomic E-state index is 0.167. The Labute approximate surface area is 245 Å². The van der Waals surface area contributed by atoms with E-state index in [9.17, 15) is 4.79 Å². The number of hydrogen-bond donors (Lipinski definition) is 0. The molecule has 3 aromatic rings. The van der Waals surface area contributed by atoms with Crippen LogP contribution in [0.5, 0.6) is 16.7 Å². The molecular weight excluding hydrogens is 518 g/mol. The number of ether oxygens (including phenoxy) is 3. The van der Waals surface area contributed by atoms with Crippen LogP contribution in [0.1, 0.15) is 115 Å². The maximum absolute atomic E-state index is 12.7. The third-order valence-corrected chi connectivity index (χ3v) is 7.91. The van der Waals surface area contributed by atoms with Crippen molar-refractivity contribution in [3.63, 3.8) is 0 Å². The average molecular weight is 566 g/mol.